The van der Waals surface area contributed by atoms with Crippen molar-refractivity contribution in [2.45, 2.75) is 25.8 Å². The van der Waals surface area contributed by atoms with Crippen LogP contribution in [0.2, 0.25) is 0 Å². The topological polar surface area (TPSA) is 56.8 Å². The number of ether oxygens (including phenoxy) is 3. The molecule has 134 valence electrons. The molecular formula is C20H25NO4. The van der Waals surface area contributed by atoms with E-state index in [4.69, 9.17) is 14.2 Å². The summed E-state index contributed by atoms with van der Waals surface area (Å²) in [4.78, 5) is 12.7. The molecule has 0 aliphatic heterocycles. The van der Waals surface area contributed by atoms with E-state index in [9.17, 15) is 4.79 Å². The van der Waals surface area contributed by atoms with Crippen molar-refractivity contribution >= 4 is 5.91 Å². The molecule has 0 bridgehead atoms. The standard InChI is InChI=1S/C20H25NO4/c1-20(2,15-9-7-6-8-10-15)19(22)21-13-14-11-17(24-4)18(25-5)12-16(14)23-3/h6-12H,13H2,1-5H3,(H,21,22). The van der Waals surface area contributed by atoms with Crippen LogP contribution in [0, 0.1) is 0 Å². The second-order valence-corrected chi connectivity index (χ2v) is 6.19. The lowest BCUT2D eigenvalue weighted by Gasteiger charge is -2.24. The Morgan fingerprint density at radius 1 is 0.920 bits per heavy atom. The van der Waals surface area contributed by atoms with Crippen molar-refractivity contribution in [3.8, 4) is 17.2 Å². The van der Waals surface area contributed by atoms with Crippen LogP contribution in [0.25, 0.3) is 0 Å². The quantitative estimate of drug-likeness (QED) is 0.838. The average Bonchev–Trinajstić information content (AvgIpc) is 2.65. The summed E-state index contributed by atoms with van der Waals surface area (Å²) in [5.41, 5.74) is 1.15. The first-order valence-corrected chi connectivity index (χ1v) is 8.06. The van der Waals surface area contributed by atoms with Crippen molar-refractivity contribution in [3.63, 3.8) is 0 Å². The fourth-order valence-electron chi connectivity index (χ4n) is 2.61. The third kappa shape index (κ3) is 4.05. The highest BCUT2D eigenvalue weighted by atomic mass is 16.5. The van der Waals surface area contributed by atoms with Crippen LogP contribution in [0.15, 0.2) is 42.5 Å². The van der Waals surface area contributed by atoms with Crippen molar-refractivity contribution in [3.05, 3.63) is 53.6 Å². The van der Waals surface area contributed by atoms with Gasteiger partial charge in [0.1, 0.15) is 5.75 Å². The van der Waals surface area contributed by atoms with Crippen molar-refractivity contribution in [2.24, 2.45) is 0 Å². The molecule has 2 rings (SSSR count). The van der Waals surface area contributed by atoms with Gasteiger partial charge in [0.05, 0.1) is 26.7 Å². The molecule has 0 aliphatic carbocycles. The summed E-state index contributed by atoms with van der Waals surface area (Å²) < 4.78 is 16.0. The van der Waals surface area contributed by atoms with Gasteiger partial charge in [-0.15, -0.1) is 0 Å². The smallest absolute Gasteiger partial charge is 0.230 e. The minimum Gasteiger partial charge on any atom is -0.496 e. The molecule has 0 fully saturated rings. The van der Waals surface area contributed by atoms with Crippen LogP contribution in [-0.2, 0) is 16.8 Å². The normalized spacial score (nSPS) is 10.9. The lowest BCUT2D eigenvalue weighted by atomic mass is 9.83. The number of hydrogen-bond acceptors (Lipinski definition) is 4. The molecule has 5 heteroatoms. The highest BCUT2D eigenvalue weighted by Gasteiger charge is 2.29. The van der Waals surface area contributed by atoms with Crippen LogP contribution in [0.4, 0.5) is 0 Å². The molecule has 2 aromatic carbocycles. The summed E-state index contributed by atoms with van der Waals surface area (Å²) in [5, 5.41) is 2.99. The molecule has 2 aromatic rings. The van der Waals surface area contributed by atoms with Crippen LogP contribution < -0.4 is 19.5 Å². The second-order valence-electron chi connectivity index (χ2n) is 6.19. The predicted molar refractivity (Wildman–Crippen MR) is 97.4 cm³/mol. The molecule has 0 spiro atoms. The minimum atomic E-state index is -0.634. The molecule has 0 radical (unpaired) electrons. The second kappa shape index (κ2) is 7.92. The van der Waals surface area contributed by atoms with Crippen molar-refractivity contribution in [1.82, 2.24) is 5.32 Å². The maximum absolute atomic E-state index is 12.7. The van der Waals surface area contributed by atoms with Gasteiger partial charge in [-0.05, 0) is 25.5 Å². The summed E-state index contributed by atoms with van der Waals surface area (Å²) in [6.07, 6.45) is 0. The molecule has 1 amide bonds. The molecule has 25 heavy (non-hydrogen) atoms. The first kappa shape index (κ1) is 18.6. The van der Waals surface area contributed by atoms with E-state index in [1.165, 1.54) is 0 Å². The first-order valence-electron chi connectivity index (χ1n) is 8.06. The number of methoxy groups -OCH3 is 3. The van der Waals surface area contributed by atoms with Crippen LogP contribution in [0.3, 0.4) is 0 Å². The zero-order valence-electron chi connectivity index (χ0n) is 15.4. The van der Waals surface area contributed by atoms with Gasteiger partial charge in [-0.1, -0.05) is 30.3 Å². The largest absolute Gasteiger partial charge is 0.496 e. The Bertz CT molecular complexity index is 726. The van der Waals surface area contributed by atoms with Gasteiger partial charge in [-0.3, -0.25) is 4.79 Å². The molecule has 1 N–H and O–H groups in total. The lowest BCUT2D eigenvalue weighted by molar-refractivity contribution is -0.125. The van der Waals surface area contributed by atoms with E-state index in [0.29, 0.717) is 23.8 Å². The third-order valence-corrected chi connectivity index (χ3v) is 4.29. The summed E-state index contributed by atoms with van der Waals surface area (Å²) in [5.74, 6) is 1.75. The molecule has 0 heterocycles. The average molecular weight is 343 g/mol. The number of rotatable bonds is 7. The van der Waals surface area contributed by atoms with Crippen LogP contribution in [0.1, 0.15) is 25.0 Å². The Kier molecular flexibility index (Phi) is 5.91. The van der Waals surface area contributed by atoms with Crippen LogP contribution in [-0.4, -0.2) is 27.2 Å². The summed E-state index contributed by atoms with van der Waals surface area (Å²) >= 11 is 0. The number of carbonyl (C=O) groups is 1. The van der Waals surface area contributed by atoms with Crippen molar-refractivity contribution < 1.29 is 19.0 Å². The molecule has 0 aromatic heterocycles. The van der Waals surface area contributed by atoms with Gasteiger partial charge in [0.25, 0.3) is 0 Å². The maximum Gasteiger partial charge on any atom is 0.230 e. The van der Waals surface area contributed by atoms with E-state index in [-0.39, 0.29) is 5.91 Å². The first-order chi connectivity index (χ1) is 11.9. The number of nitrogens with one attached hydrogen (secondary N) is 1. The SMILES string of the molecule is COc1cc(OC)c(OC)cc1CNC(=O)C(C)(C)c1ccccc1. The van der Waals surface area contributed by atoms with E-state index in [0.717, 1.165) is 11.1 Å². The summed E-state index contributed by atoms with van der Waals surface area (Å²) in [6, 6.07) is 13.3. The van der Waals surface area contributed by atoms with Crippen LogP contribution >= 0.6 is 0 Å². The van der Waals surface area contributed by atoms with Crippen molar-refractivity contribution in [1.29, 1.82) is 0 Å². The van der Waals surface area contributed by atoms with Gasteiger partial charge in [0.15, 0.2) is 11.5 Å². The van der Waals surface area contributed by atoms with Gasteiger partial charge in [0.2, 0.25) is 5.91 Å². The Morgan fingerprint density at radius 3 is 2.04 bits per heavy atom. The molecule has 5 nitrogen and oxygen atoms in total. The minimum absolute atomic E-state index is 0.0597. The zero-order chi connectivity index (χ0) is 18.4. The summed E-state index contributed by atoms with van der Waals surface area (Å²) in [6.45, 7) is 4.14. The van der Waals surface area contributed by atoms with Crippen molar-refractivity contribution in [2.75, 3.05) is 21.3 Å². The van der Waals surface area contributed by atoms with E-state index in [1.54, 1.807) is 27.4 Å². The Morgan fingerprint density at radius 2 is 1.48 bits per heavy atom. The van der Waals surface area contributed by atoms with Gasteiger partial charge >= 0.3 is 0 Å². The summed E-state index contributed by atoms with van der Waals surface area (Å²) in [7, 11) is 4.73. The number of carbonyl (C=O) groups excluding carboxylic acids is 1. The fraction of sp³-hybridized carbons (Fsp3) is 0.350. The van der Waals surface area contributed by atoms with E-state index in [1.807, 2.05) is 50.2 Å². The molecule has 0 saturated heterocycles. The lowest BCUT2D eigenvalue weighted by Crippen LogP contribution is -2.39. The fourth-order valence-corrected chi connectivity index (χ4v) is 2.61. The molecule has 0 unspecified atom stereocenters. The monoisotopic (exact) mass is 343 g/mol. The van der Waals surface area contributed by atoms with E-state index >= 15 is 0 Å². The predicted octanol–water partition coefficient (Wildman–Crippen LogP) is 3.31. The Labute approximate surface area is 148 Å². The van der Waals surface area contributed by atoms with E-state index < -0.39 is 5.41 Å². The zero-order valence-corrected chi connectivity index (χ0v) is 15.4. The molecular weight excluding hydrogens is 318 g/mol. The molecule has 0 aliphatic rings. The van der Waals surface area contributed by atoms with Crippen LogP contribution in [0.5, 0.6) is 17.2 Å². The number of amides is 1. The van der Waals surface area contributed by atoms with Gasteiger partial charge in [-0.2, -0.15) is 0 Å². The van der Waals surface area contributed by atoms with Gasteiger partial charge in [-0.25, -0.2) is 0 Å². The Hall–Kier alpha value is -2.69. The highest BCUT2D eigenvalue weighted by Crippen LogP contribution is 2.34. The highest BCUT2D eigenvalue weighted by molar-refractivity contribution is 5.87. The molecule has 0 saturated carbocycles. The Balaban J connectivity index is 2.19. The van der Waals surface area contributed by atoms with Gasteiger partial charge < -0.3 is 19.5 Å². The molecule has 0 atom stereocenters. The van der Waals surface area contributed by atoms with E-state index in [2.05, 4.69) is 5.32 Å². The maximum atomic E-state index is 12.7. The third-order valence-electron chi connectivity index (χ3n) is 4.29. The van der Waals surface area contributed by atoms with Gasteiger partial charge in [0, 0.05) is 18.2 Å². The number of benzene rings is 2. The number of hydrogen-bond donors (Lipinski definition) is 1.